The number of aliphatic hydroxyl groups is 4. The Morgan fingerprint density at radius 1 is 0.333 bits per heavy atom. The third-order valence-corrected chi connectivity index (χ3v) is 2.40. The van der Waals surface area contributed by atoms with Crippen molar-refractivity contribution in [2.45, 2.75) is 59.4 Å². The van der Waals surface area contributed by atoms with E-state index in [1.807, 2.05) is 9.80 Å². The van der Waals surface area contributed by atoms with Crippen LogP contribution in [0.4, 0.5) is 0 Å². The molecule has 0 aromatic heterocycles. The fourth-order valence-corrected chi connectivity index (χ4v) is 1.52. The van der Waals surface area contributed by atoms with Gasteiger partial charge in [0.2, 0.25) is 0 Å². The average Bonchev–Trinajstić information content (AvgIpc) is 2.27. The number of hydrogen-bond acceptors (Lipinski definition) is 6. The maximum Gasteiger partial charge on any atom is 0.0558 e. The lowest BCUT2D eigenvalue weighted by atomic mass is 10.4. The van der Waals surface area contributed by atoms with Gasteiger partial charge in [-0.25, -0.2) is 0 Å². The fourth-order valence-electron chi connectivity index (χ4n) is 1.52. The molecule has 0 aromatic rings. The number of rotatable bonds is 11. The zero-order valence-corrected chi connectivity index (χ0v) is 9.75. The second kappa shape index (κ2) is 43.4. The monoisotopic (exact) mass is 364 g/mol. The fraction of sp³-hybridized carbons (Fsp3) is 1.00. The smallest absolute Gasteiger partial charge is 0.0558 e. The molecule has 0 radical (unpaired) electrons. The van der Waals surface area contributed by atoms with Gasteiger partial charge in [0.1, 0.15) is 0 Å². The van der Waals surface area contributed by atoms with E-state index in [2.05, 4.69) is 0 Å². The summed E-state index contributed by atoms with van der Waals surface area (Å²) in [4.78, 5) is 3.89. The molecule has 0 amide bonds. The van der Waals surface area contributed by atoms with Gasteiger partial charge in [0.15, 0.2) is 0 Å². The predicted molar refractivity (Wildman–Crippen MR) is 115 cm³/mol. The Hall–Kier alpha value is -0.240. The van der Waals surface area contributed by atoms with Gasteiger partial charge in [-0.1, -0.05) is 59.4 Å². The first-order valence-corrected chi connectivity index (χ1v) is 5.66. The summed E-state index contributed by atoms with van der Waals surface area (Å²) in [6.45, 7) is 3.83. The largest absolute Gasteiger partial charge is 0.395 e. The molecule has 24 heavy (non-hydrogen) atoms. The first-order chi connectivity index (χ1) is 7.78. The van der Waals surface area contributed by atoms with Crippen LogP contribution >= 0.6 is 0 Å². The molecule has 0 saturated heterocycles. The van der Waals surface area contributed by atoms with Gasteiger partial charge in [-0.2, -0.15) is 0 Å². The molecule has 0 aliphatic heterocycles. The van der Waals surface area contributed by atoms with Crippen molar-refractivity contribution >= 4 is 0 Å². The summed E-state index contributed by atoms with van der Waals surface area (Å²) in [5.74, 6) is 0. The zero-order valence-electron chi connectivity index (χ0n) is 9.75. The Morgan fingerprint density at radius 2 is 0.500 bits per heavy atom. The molecule has 0 aromatic carbocycles. The summed E-state index contributed by atoms with van der Waals surface area (Å²) in [6, 6.07) is 0. The SMILES string of the molecule is C.C.C.C.C.C.C.C.OCCN(CCO)CCN(CCO)CCO. The highest BCUT2D eigenvalue weighted by molar-refractivity contribution is 4.62. The van der Waals surface area contributed by atoms with E-state index in [1.165, 1.54) is 0 Å². The van der Waals surface area contributed by atoms with Crippen molar-refractivity contribution in [2.75, 3.05) is 65.7 Å². The molecule has 0 heterocycles. The van der Waals surface area contributed by atoms with Crippen LogP contribution in [-0.2, 0) is 0 Å². The van der Waals surface area contributed by atoms with Gasteiger partial charge in [0.25, 0.3) is 0 Å². The summed E-state index contributed by atoms with van der Waals surface area (Å²) in [7, 11) is 0. The molecule has 0 atom stereocenters. The van der Waals surface area contributed by atoms with E-state index in [9.17, 15) is 0 Å². The molecule has 0 bridgehead atoms. The van der Waals surface area contributed by atoms with Crippen molar-refractivity contribution in [2.24, 2.45) is 0 Å². The van der Waals surface area contributed by atoms with Crippen LogP contribution in [0.25, 0.3) is 0 Å². The standard InChI is InChI=1S/C10H24N2O4.8CH4/c13-7-3-11(4-8-14)1-2-12(5-9-15)6-10-16;;;;;;;;/h13-16H,1-10H2;8*1H4. The minimum absolute atomic E-state index is 0. The van der Waals surface area contributed by atoms with Crippen LogP contribution in [0.3, 0.4) is 0 Å². The van der Waals surface area contributed by atoms with Crippen molar-refractivity contribution in [1.82, 2.24) is 9.80 Å². The van der Waals surface area contributed by atoms with Gasteiger partial charge in [0, 0.05) is 39.3 Å². The maximum atomic E-state index is 8.82. The summed E-state index contributed by atoms with van der Waals surface area (Å²) in [5.41, 5.74) is 0. The van der Waals surface area contributed by atoms with Crippen LogP contribution in [-0.4, -0.2) is 95.9 Å². The lowest BCUT2D eigenvalue weighted by Crippen LogP contribution is -2.40. The Kier molecular flexibility index (Phi) is 102. The van der Waals surface area contributed by atoms with Gasteiger partial charge < -0.3 is 20.4 Å². The van der Waals surface area contributed by atoms with E-state index in [1.54, 1.807) is 0 Å². The molecule has 0 fully saturated rings. The highest BCUT2D eigenvalue weighted by Gasteiger charge is 2.07. The Labute approximate surface area is 156 Å². The Bertz CT molecular complexity index is 125. The Morgan fingerprint density at radius 3 is 0.625 bits per heavy atom. The molecular weight excluding hydrogens is 308 g/mol. The molecule has 0 saturated carbocycles. The highest BCUT2D eigenvalue weighted by Crippen LogP contribution is 1.92. The molecule has 6 nitrogen and oxygen atoms in total. The van der Waals surface area contributed by atoms with E-state index in [4.69, 9.17) is 20.4 Å². The first kappa shape index (κ1) is 56.5. The summed E-state index contributed by atoms with van der Waals surface area (Å²) in [6.07, 6.45) is 0. The van der Waals surface area contributed by atoms with E-state index in [-0.39, 0.29) is 85.8 Å². The van der Waals surface area contributed by atoms with Crippen LogP contribution in [0, 0.1) is 0 Å². The molecule has 0 rings (SSSR count). The maximum absolute atomic E-state index is 8.82. The minimum atomic E-state index is 0. The highest BCUT2D eigenvalue weighted by atomic mass is 16.3. The molecule has 4 N–H and O–H groups in total. The third-order valence-electron chi connectivity index (χ3n) is 2.40. The molecule has 0 aliphatic carbocycles. The second-order valence-corrected chi connectivity index (χ2v) is 3.58. The number of hydrogen-bond donors (Lipinski definition) is 4. The van der Waals surface area contributed by atoms with E-state index < -0.39 is 0 Å². The normalized spacial score (nSPS) is 7.75. The number of nitrogens with zero attached hydrogens (tertiary/aromatic N) is 2. The van der Waals surface area contributed by atoms with Crippen molar-refractivity contribution in [3.8, 4) is 0 Å². The molecule has 6 heteroatoms. The van der Waals surface area contributed by atoms with Crippen LogP contribution in [0.15, 0.2) is 0 Å². The summed E-state index contributed by atoms with van der Waals surface area (Å²) >= 11 is 0. The molecule has 162 valence electrons. The third kappa shape index (κ3) is 33.4. The Balaban J connectivity index is -0.0000000402. The second-order valence-electron chi connectivity index (χ2n) is 3.58. The molecular formula is C18H56N2O4. The van der Waals surface area contributed by atoms with Crippen molar-refractivity contribution in [3.63, 3.8) is 0 Å². The minimum Gasteiger partial charge on any atom is -0.395 e. The van der Waals surface area contributed by atoms with E-state index in [0.717, 1.165) is 0 Å². The van der Waals surface area contributed by atoms with Crippen LogP contribution in [0.2, 0.25) is 0 Å². The van der Waals surface area contributed by atoms with E-state index in [0.29, 0.717) is 39.3 Å². The lowest BCUT2D eigenvalue weighted by Gasteiger charge is -2.25. The number of aliphatic hydroxyl groups excluding tert-OH is 4. The van der Waals surface area contributed by atoms with Crippen LogP contribution < -0.4 is 0 Å². The topological polar surface area (TPSA) is 87.4 Å². The van der Waals surface area contributed by atoms with Gasteiger partial charge in [-0.3, -0.25) is 9.80 Å². The predicted octanol–water partition coefficient (Wildman–Crippen LogP) is 2.65. The average molecular weight is 365 g/mol. The first-order valence-electron chi connectivity index (χ1n) is 5.66. The zero-order chi connectivity index (χ0) is 12.2. The molecule has 0 spiro atoms. The van der Waals surface area contributed by atoms with Crippen LogP contribution in [0.1, 0.15) is 59.4 Å². The molecule has 0 aliphatic rings. The van der Waals surface area contributed by atoms with Gasteiger partial charge in [-0.05, 0) is 0 Å². The van der Waals surface area contributed by atoms with Gasteiger partial charge in [-0.15, -0.1) is 0 Å². The van der Waals surface area contributed by atoms with Crippen molar-refractivity contribution < 1.29 is 20.4 Å². The van der Waals surface area contributed by atoms with E-state index >= 15 is 0 Å². The van der Waals surface area contributed by atoms with Gasteiger partial charge >= 0.3 is 0 Å². The molecule has 0 unspecified atom stereocenters. The lowest BCUT2D eigenvalue weighted by molar-refractivity contribution is 0.121. The summed E-state index contributed by atoms with van der Waals surface area (Å²) in [5, 5.41) is 35.3. The quantitative estimate of drug-likeness (QED) is 0.451. The van der Waals surface area contributed by atoms with Gasteiger partial charge in [0.05, 0.1) is 26.4 Å². The van der Waals surface area contributed by atoms with Crippen molar-refractivity contribution in [1.29, 1.82) is 0 Å². The van der Waals surface area contributed by atoms with Crippen molar-refractivity contribution in [3.05, 3.63) is 0 Å². The summed E-state index contributed by atoms with van der Waals surface area (Å²) < 4.78 is 0. The van der Waals surface area contributed by atoms with Crippen LogP contribution in [0.5, 0.6) is 0 Å².